The predicted molar refractivity (Wildman–Crippen MR) is 12.4 cm³/mol. The van der Waals surface area contributed by atoms with E-state index in [0.717, 1.165) is 0 Å². The fourth-order valence-electron chi connectivity index (χ4n) is 0. The number of hydrogen-bond acceptors (Lipinski definition) is 4. The van der Waals surface area contributed by atoms with E-state index in [9.17, 15) is 0 Å². The Morgan fingerprint density at radius 2 is 1.00 bits per heavy atom. The third-order valence-electron chi connectivity index (χ3n) is 0. The summed E-state index contributed by atoms with van der Waals surface area (Å²) in [5.41, 5.74) is 0. The smallest absolute Gasteiger partial charge is 1.00 e. The van der Waals surface area contributed by atoms with Crippen molar-refractivity contribution in [2.24, 2.45) is 0 Å². The summed E-state index contributed by atoms with van der Waals surface area (Å²) < 4.78 is 0. The number of hydrogen-bond donors (Lipinski definition) is 3. The second-order valence-corrected chi connectivity index (χ2v) is 1.72. The van der Waals surface area contributed by atoms with Crippen LogP contribution in [0.15, 0.2) is 0 Å². The maximum Gasteiger partial charge on any atom is 1.00 e. The summed E-state index contributed by atoms with van der Waals surface area (Å²) in [5, 5.41) is 0. The van der Waals surface area contributed by atoms with E-state index in [1.54, 1.807) is 0 Å². The molecule has 0 radical (unpaired) electrons. The van der Waals surface area contributed by atoms with Gasteiger partial charge in [0.05, 0.1) is 0 Å². The van der Waals surface area contributed by atoms with E-state index in [4.69, 9.17) is 19.2 Å². The second kappa shape index (κ2) is 9.35. The van der Waals surface area contributed by atoms with Crippen molar-refractivity contribution in [2.75, 3.05) is 0 Å². The Labute approximate surface area is 98.4 Å². The molecule has 0 aliphatic heterocycles. The molecule has 0 aromatic carbocycles. The number of rotatable bonds is 0. The second-order valence-electron chi connectivity index (χ2n) is 0.574. The normalized spacial score (nSPS) is 7.50. The van der Waals surface area contributed by atoms with Gasteiger partial charge in [-0.15, -0.1) is 0 Å². The van der Waals surface area contributed by atoms with E-state index in [-0.39, 0.29) is 71.5 Å². The Bertz CT molecular complexity index is 29.5. The average Bonchev–Trinajstić information content (AvgIpc) is 0.722. The van der Waals surface area contributed by atoms with Crippen LogP contribution in [0.4, 0.5) is 0 Å². The Kier molecular flexibility index (Phi) is 26.2. The van der Waals surface area contributed by atoms with Crippen molar-refractivity contribution in [3.05, 3.63) is 0 Å². The maximum atomic E-state index is 8.91. The van der Waals surface area contributed by atoms with Crippen molar-refractivity contribution in [1.29, 1.82) is 0 Å². The minimum atomic E-state index is -4.86. The topological polar surface area (TPSA) is 83.8 Å². The molecule has 3 N–H and O–H groups in total. The summed E-state index contributed by atoms with van der Waals surface area (Å²) in [5.74, 6) is 0. The summed E-state index contributed by atoms with van der Waals surface area (Å²) in [6.45, 7) is 0. The Hall–Kier alpha value is 2.35. The van der Waals surface area contributed by atoms with Gasteiger partial charge in [-0.25, -0.2) is 0 Å². The van der Waals surface area contributed by atoms with Crippen molar-refractivity contribution in [3.63, 3.8) is 0 Å². The van der Waals surface area contributed by atoms with Crippen LogP contribution in [0.5, 0.6) is 0 Å². The molecule has 0 saturated carbocycles. The van der Waals surface area contributed by atoms with Crippen LogP contribution in [0, 0.1) is 0 Å². The van der Waals surface area contributed by atoms with E-state index >= 15 is 0 Å². The van der Waals surface area contributed by atoms with E-state index < -0.39 is 9.05 Å². The van der Waals surface area contributed by atoms with Crippen LogP contribution < -0.4 is 76.3 Å². The fourth-order valence-corrected chi connectivity index (χ4v) is 0. The van der Waals surface area contributed by atoms with Crippen LogP contribution >= 0.6 is 0 Å². The molecule has 0 aliphatic rings. The zero-order chi connectivity index (χ0) is 4.50. The van der Waals surface area contributed by atoms with Crippen LogP contribution in [0.25, 0.3) is 0 Å². The van der Waals surface area contributed by atoms with Crippen LogP contribution in [-0.2, 0) is 0 Å². The largest absolute Gasteiger partial charge is 1.00 e. The van der Waals surface area contributed by atoms with Crippen LogP contribution in [-0.4, -0.2) is 23.4 Å². The van der Waals surface area contributed by atoms with Gasteiger partial charge in [-0.05, 0) is 0 Å². The first-order chi connectivity index (χ1) is 2.00. The molecular formula is H3ClNa2O4Si. The van der Waals surface area contributed by atoms with Crippen molar-refractivity contribution in [3.8, 4) is 0 Å². The van der Waals surface area contributed by atoms with Crippen molar-refractivity contribution in [2.45, 2.75) is 0 Å². The van der Waals surface area contributed by atoms with Crippen LogP contribution in [0.3, 0.4) is 0 Å². The standard InChI is InChI=1S/ClH.2Na.H3O4Si/c;;;1-5(2,3)4/h1H;;;1-3H/q;2*+1;-1/p-1. The first-order valence-corrected chi connectivity index (χ1v) is 2.62. The number of halogens is 1. The van der Waals surface area contributed by atoms with E-state index in [1.165, 1.54) is 0 Å². The third kappa shape index (κ3) is 81.8. The van der Waals surface area contributed by atoms with Gasteiger partial charge in [0.1, 0.15) is 0 Å². The van der Waals surface area contributed by atoms with Gasteiger partial charge >= 0.3 is 68.2 Å². The SMILES string of the molecule is [Cl-].[Na+].[Na+].[O-][Si](O)(O)O. The molecule has 8 heavy (non-hydrogen) atoms. The van der Waals surface area contributed by atoms with Gasteiger partial charge < -0.3 is 31.6 Å². The quantitative estimate of drug-likeness (QED) is 0.320. The van der Waals surface area contributed by atoms with Crippen LogP contribution in [0.1, 0.15) is 0 Å². The summed E-state index contributed by atoms with van der Waals surface area (Å²) in [6, 6.07) is 0. The molecule has 0 aromatic heterocycles. The Balaban J connectivity index is -0.0000000267. The zero-order valence-corrected chi connectivity index (χ0v) is 10.4. The fraction of sp³-hybridized carbons (Fsp3) is 0. The molecule has 0 heterocycles. The molecule has 8 heteroatoms. The van der Waals surface area contributed by atoms with Gasteiger partial charge in [-0.2, -0.15) is 0 Å². The summed E-state index contributed by atoms with van der Waals surface area (Å²) in [4.78, 5) is 30.6. The molecule has 4 nitrogen and oxygen atoms in total. The van der Waals surface area contributed by atoms with Crippen LogP contribution in [0.2, 0.25) is 0 Å². The third-order valence-corrected chi connectivity index (χ3v) is 0. The molecule has 0 spiro atoms. The molecule has 0 aromatic rings. The minimum absolute atomic E-state index is 0. The van der Waals surface area contributed by atoms with Crippen molar-refractivity contribution < 1.29 is 90.7 Å². The zero-order valence-electron chi connectivity index (χ0n) is 4.63. The minimum Gasteiger partial charge on any atom is -1.00 e. The molecule has 0 bridgehead atoms. The van der Waals surface area contributed by atoms with Gasteiger partial charge in [0.15, 0.2) is 0 Å². The van der Waals surface area contributed by atoms with Crippen molar-refractivity contribution in [1.82, 2.24) is 0 Å². The van der Waals surface area contributed by atoms with Gasteiger partial charge in [-0.1, -0.05) is 0 Å². The first kappa shape index (κ1) is 22.4. The molecule has 0 atom stereocenters. The first-order valence-electron chi connectivity index (χ1n) is 0.875. The average molecular weight is 177 g/mol. The monoisotopic (exact) mass is 176 g/mol. The maximum absolute atomic E-state index is 8.91. The Morgan fingerprint density at radius 1 is 1.00 bits per heavy atom. The molecule has 40 valence electrons. The molecule has 0 rings (SSSR count). The van der Waals surface area contributed by atoms with Gasteiger partial charge in [0, 0.05) is 0 Å². The van der Waals surface area contributed by atoms with Gasteiger partial charge in [0.25, 0.3) is 0 Å². The predicted octanol–water partition coefficient (Wildman–Crippen LogP) is -12.2. The van der Waals surface area contributed by atoms with Gasteiger partial charge in [0.2, 0.25) is 0 Å². The summed E-state index contributed by atoms with van der Waals surface area (Å²) in [6.07, 6.45) is 0. The summed E-state index contributed by atoms with van der Waals surface area (Å²) >= 11 is 0. The van der Waals surface area contributed by atoms with E-state index in [0.29, 0.717) is 0 Å². The molecule has 0 amide bonds. The molecule has 0 fully saturated rings. The van der Waals surface area contributed by atoms with E-state index in [1.807, 2.05) is 0 Å². The molecule has 0 aliphatic carbocycles. The molecular weight excluding hydrogens is 174 g/mol. The molecule has 0 unspecified atom stereocenters. The molecule has 0 saturated heterocycles. The van der Waals surface area contributed by atoms with Gasteiger partial charge in [-0.3, -0.25) is 0 Å². The Morgan fingerprint density at radius 3 is 1.00 bits per heavy atom. The van der Waals surface area contributed by atoms with Crippen molar-refractivity contribution >= 4 is 9.05 Å². The van der Waals surface area contributed by atoms with E-state index in [2.05, 4.69) is 0 Å². The summed E-state index contributed by atoms with van der Waals surface area (Å²) in [7, 11) is -4.86.